The van der Waals surface area contributed by atoms with Crippen LogP contribution in [0.5, 0.6) is 0 Å². The first-order chi connectivity index (χ1) is 6.51. The van der Waals surface area contributed by atoms with E-state index in [0.717, 1.165) is 17.7 Å². The Morgan fingerprint density at radius 2 is 2.00 bits per heavy atom. The van der Waals surface area contributed by atoms with Gasteiger partial charge in [-0.3, -0.25) is 4.98 Å². The van der Waals surface area contributed by atoms with Crippen LogP contribution in [0.25, 0.3) is 0 Å². The van der Waals surface area contributed by atoms with Crippen LogP contribution in [0.1, 0.15) is 32.0 Å². The Kier molecular flexibility index (Phi) is 3.64. The van der Waals surface area contributed by atoms with Crippen molar-refractivity contribution < 1.29 is 4.74 Å². The Balaban J connectivity index is 2.64. The molecule has 1 heterocycles. The Morgan fingerprint density at radius 1 is 1.29 bits per heavy atom. The van der Waals surface area contributed by atoms with Crippen LogP contribution in [0.2, 0.25) is 0 Å². The molecule has 2 heteroatoms. The smallest absolute Gasteiger partial charge is 0.0728 e. The fourth-order valence-corrected chi connectivity index (χ4v) is 1.36. The highest BCUT2D eigenvalue weighted by molar-refractivity contribution is 5.14. The van der Waals surface area contributed by atoms with E-state index in [2.05, 4.69) is 37.9 Å². The van der Waals surface area contributed by atoms with Crippen molar-refractivity contribution in [3.8, 4) is 0 Å². The first kappa shape index (κ1) is 11.2. The molecule has 0 amide bonds. The minimum atomic E-state index is 0.301. The van der Waals surface area contributed by atoms with E-state index >= 15 is 0 Å². The quantitative estimate of drug-likeness (QED) is 0.736. The van der Waals surface area contributed by atoms with Crippen molar-refractivity contribution in [2.24, 2.45) is 5.41 Å². The highest BCUT2D eigenvalue weighted by Crippen LogP contribution is 2.19. The average Bonchev–Trinajstić information content (AvgIpc) is 2.06. The molecule has 0 saturated carbocycles. The van der Waals surface area contributed by atoms with Gasteiger partial charge in [0, 0.05) is 19.0 Å². The monoisotopic (exact) mass is 193 g/mol. The molecule has 0 atom stereocenters. The van der Waals surface area contributed by atoms with Crippen LogP contribution < -0.4 is 0 Å². The summed E-state index contributed by atoms with van der Waals surface area (Å²) in [5.74, 6) is 0. The molecular formula is C12H19NO. The zero-order valence-corrected chi connectivity index (χ0v) is 9.50. The molecule has 0 unspecified atom stereocenters. The Hall–Kier alpha value is -0.890. The topological polar surface area (TPSA) is 22.1 Å². The molecule has 0 N–H and O–H groups in total. The number of hydrogen-bond donors (Lipinski definition) is 0. The second kappa shape index (κ2) is 4.56. The standard InChI is InChI=1S/C12H19NO/c1-12(2,3)7-11-6-5-10(8-13-11)9-14-4/h5-6,8H,7,9H2,1-4H3. The van der Waals surface area contributed by atoms with Gasteiger partial charge in [-0.05, 0) is 23.5 Å². The van der Waals surface area contributed by atoms with E-state index in [1.54, 1.807) is 7.11 Å². The third-order valence-electron chi connectivity index (χ3n) is 1.91. The summed E-state index contributed by atoms with van der Waals surface area (Å²) in [4.78, 5) is 4.40. The number of pyridine rings is 1. The maximum absolute atomic E-state index is 5.03. The molecule has 0 fully saturated rings. The molecular weight excluding hydrogens is 174 g/mol. The van der Waals surface area contributed by atoms with Crippen LogP contribution in [-0.2, 0) is 17.8 Å². The van der Waals surface area contributed by atoms with Gasteiger partial charge in [-0.25, -0.2) is 0 Å². The Morgan fingerprint density at radius 3 is 2.43 bits per heavy atom. The largest absolute Gasteiger partial charge is 0.380 e. The molecule has 0 spiro atoms. The lowest BCUT2D eigenvalue weighted by atomic mass is 9.90. The van der Waals surface area contributed by atoms with Gasteiger partial charge in [0.15, 0.2) is 0 Å². The van der Waals surface area contributed by atoms with Crippen molar-refractivity contribution in [2.45, 2.75) is 33.8 Å². The number of aromatic nitrogens is 1. The van der Waals surface area contributed by atoms with Gasteiger partial charge in [0.1, 0.15) is 0 Å². The fourth-order valence-electron chi connectivity index (χ4n) is 1.36. The molecule has 0 aromatic carbocycles. The van der Waals surface area contributed by atoms with Crippen molar-refractivity contribution >= 4 is 0 Å². The van der Waals surface area contributed by atoms with Gasteiger partial charge in [0.2, 0.25) is 0 Å². The number of ether oxygens (including phenoxy) is 1. The lowest BCUT2D eigenvalue weighted by molar-refractivity contribution is 0.184. The molecule has 0 bridgehead atoms. The predicted octanol–water partition coefficient (Wildman–Crippen LogP) is 2.82. The average molecular weight is 193 g/mol. The van der Waals surface area contributed by atoms with Crippen LogP contribution in [0.3, 0.4) is 0 Å². The summed E-state index contributed by atoms with van der Waals surface area (Å²) in [5, 5.41) is 0. The van der Waals surface area contributed by atoms with Crippen LogP contribution in [0.4, 0.5) is 0 Å². The molecule has 2 nitrogen and oxygen atoms in total. The molecule has 0 aliphatic rings. The first-order valence-corrected chi connectivity index (χ1v) is 4.94. The number of nitrogens with zero attached hydrogens (tertiary/aromatic N) is 1. The van der Waals surface area contributed by atoms with Gasteiger partial charge < -0.3 is 4.74 Å². The third kappa shape index (κ3) is 3.88. The number of rotatable bonds is 3. The Labute approximate surface area is 86.3 Å². The third-order valence-corrected chi connectivity index (χ3v) is 1.91. The van der Waals surface area contributed by atoms with Crippen molar-refractivity contribution in [3.63, 3.8) is 0 Å². The molecule has 14 heavy (non-hydrogen) atoms. The summed E-state index contributed by atoms with van der Waals surface area (Å²) in [6, 6.07) is 4.16. The molecule has 1 rings (SSSR count). The van der Waals surface area contributed by atoms with E-state index < -0.39 is 0 Å². The van der Waals surface area contributed by atoms with E-state index in [-0.39, 0.29) is 0 Å². The molecule has 0 radical (unpaired) electrons. The zero-order valence-electron chi connectivity index (χ0n) is 9.50. The maximum Gasteiger partial charge on any atom is 0.0728 e. The molecule has 78 valence electrons. The van der Waals surface area contributed by atoms with Crippen LogP contribution in [0, 0.1) is 5.41 Å². The summed E-state index contributed by atoms with van der Waals surface area (Å²) in [6.07, 6.45) is 2.91. The van der Waals surface area contributed by atoms with Gasteiger partial charge in [0.05, 0.1) is 6.61 Å². The van der Waals surface area contributed by atoms with Gasteiger partial charge in [-0.1, -0.05) is 26.8 Å². The molecule has 1 aromatic rings. The van der Waals surface area contributed by atoms with Gasteiger partial charge in [0.25, 0.3) is 0 Å². The van der Waals surface area contributed by atoms with Crippen molar-refractivity contribution in [1.82, 2.24) is 4.98 Å². The fraction of sp³-hybridized carbons (Fsp3) is 0.583. The summed E-state index contributed by atoms with van der Waals surface area (Å²) in [6.45, 7) is 7.30. The van der Waals surface area contributed by atoms with Crippen molar-refractivity contribution in [1.29, 1.82) is 0 Å². The zero-order chi connectivity index (χ0) is 10.6. The highest BCUT2D eigenvalue weighted by Gasteiger charge is 2.11. The SMILES string of the molecule is COCc1ccc(CC(C)(C)C)nc1. The molecule has 0 aliphatic heterocycles. The van der Waals surface area contributed by atoms with Gasteiger partial charge >= 0.3 is 0 Å². The normalized spacial score (nSPS) is 11.7. The summed E-state index contributed by atoms with van der Waals surface area (Å²) in [5.41, 5.74) is 2.58. The molecule has 0 saturated heterocycles. The first-order valence-electron chi connectivity index (χ1n) is 4.94. The van der Waals surface area contributed by atoms with E-state index in [0.29, 0.717) is 12.0 Å². The van der Waals surface area contributed by atoms with E-state index in [1.807, 2.05) is 6.20 Å². The number of methoxy groups -OCH3 is 1. The number of hydrogen-bond acceptors (Lipinski definition) is 2. The van der Waals surface area contributed by atoms with Gasteiger partial charge in [-0.2, -0.15) is 0 Å². The summed E-state index contributed by atoms with van der Waals surface area (Å²) < 4.78 is 5.03. The minimum Gasteiger partial charge on any atom is -0.380 e. The van der Waals surface area contributed by atoms with Crippen LogP contribution in [0.15, 0.2) is 18.3 Å². The lowest BCUT2D eigenvalue weighted by Crippen LogP contribution is -2.10. The highest BCUT2D eigenvalue weighted by atomic mass is 16.5. The molecule has 1 aromatic heterocycles. The summed E-state index contributed by atoms with van der Waals surface area (Å²) >= 11 is 0. The van der Waals surface area contributed by atoms with E-state index in [1.165, 1.54) is 0 Å². The maximum atomic E-state index is 5.03. The van der Waals surface area contributed by atoms with Gasteiger partial charge in [-0.15, -0.1) is 0 Å². The molecule has 0 aliphatic carbocycles. The predicted molar refractivity (Wildman–Crippen MR) is 58.1 cm³/mol. The van der Waals surface area contributed by atoms with Crippen molar-refractivity contribution in [3.05, 3.63) is 29.6 Å². The summed E-state index contributed by atoms with van der Waals surface area (Å²) in [7, 11) is 1.70. The van der Waals surface area contributed by atoms with E-state index in [9.17, 15) is 0 Å². The van der Waals surface area contributed by atoms with Crippen molar-refractivity contribution in [2.75, 3.05) is 7.11 Å². The van der Waals surface area contributed by atoms with Crippen LogP contribution >= 0.6 is 0 Å². The Bertz CT molecular complexity index is 271. The second-order valence-corrected chi connectivity index (χ2v) is 4.83. The minimum absolute atomic E-state index is 0.301. The second-order valence-electron chi connectivity index (χ2n) is 4.83. The van der Waals surface area contributed by atoms with E-state index in [4.69, 9.17) is 4.74 Å². The van der Waals surface area contributed by atoms with Crippen LogP contribution in [-0.4, -0.2) is 12.1 Å². The lowest BCUT2D eigenvalue weighted by Gasteiger charge is -2.17.